The highest BCUT2D eigenvalue weighted by Gasteiger charge is 2.28. The summed E-state index contributed by atoms with van der Waals surface area (Å²) in [6.07, 6.45) is 7.42. The predicted octanol–water partition coefficient (Wildman–Crippen LogP) is 4.14. The Morgan fingerprint density at radius 1 is 1.30 bits per heavy atom. The molecule has 2 unspecified atom stereocenters. The maximum absolute atomic E-state index is 5.62. The van der Waals surface area contributed by atoms with Crippen molar-refractivity contribution in [3.05, 3.63) is 10.5 Å². The summed E-state index contributed by atoms with van der Waals surface area (Å²) in [5.74, 6) is 0.745. The predicted molar refractivity (Wildman–Crippen MR) is 84.6 cm³/mol. The van der Waals surface area contributed by atoms with Crippen LogP contribution in [0.4, 0.5) is 0 Å². The van der Waals surface area contributed by atoms with E-state index < -0.39 is 0 Å². The van der Waals surface area contributed by atoms with Crippen LogP contribution in [-0.4, -0.2) is 19.3 Å². The first-order valence-electron chi connectivity index (χ1n) is 7.83. The van der Waals surface area contributed by atoms with Crippen LogP contribution in [-0.2, 0) is 13.5 Å². The fourth-order valence-corrected chi connectivity index (χ4v) is 4.12. The number of nitrogens with one attached hydrogen (secondary N) is 1. The van der Waals surface area contributed by atoms with Crippen molar-refractivity contribution in [3.63, 3.8) is 0 Å². The first-order valence-corrected chi connectivity index (χ1v) is 8.24. The van der Waals surface area contributed by atoms with Gasteiger partial charge >= 0.3 is 0 Å². The molecule has 0 saturated heterocycles. The molecule has 0 radical (unpaired) electrons. The van der Waals surface area contributed by atoms with Gasteiger partial charge in [0.05, 0.1) is 5.69 Å². The third-order valence-electron chi connectivity index (χ3n) is 4.83. The summed E-state index contributed by atoms with van der Waals surface area (Å²) in [4.78, 5) is 3.40. The Bertz CT molecular complexity index is 663. The molecule has 1 saturated carbocycles. The second-order valence-electron chi connectivity index (χ2n) is 5.94. The van der Waals surface area contributed by atoms with Gasteiger partial charge in [0, 0.05) is 13.1 Å². The van der Waals surface area contributed by atoms with Gasteiger partial charge in [-0.25, -0.2) is 0 Å². The van der Waals surface area contributed by atoms with E-state index in [1.807, 2.05) is 11.7 Å². The Labute approximate surface area is 125 Å². The van der Waals surface area contributed by atoms with Crippen LogP contribution in [0.5, 0.6) is 0 Å². The Kier molecular flexibility index (Phi) is 3.71. The van der Waals surface area contributed by atoms with Gasteiger partial charge in [-0.05, 0) is 37.4 Å². The number of hydrogen-bond acceptors (Lipinski definition) is 2. The molecule has 2 aromatic heterocycles. The van der Waals surface area contributed by atoms with Gasteiger partial charge in [-0.15, -0.1) is 0 Å². The minimum Gasteiger partial charge on any atom is -0.328 e. The first kappa shape index (κ1) is 13.9. The molecule has 1 N–H and O–H groups in total. The van der Waals surface area contributed by atoms with Crippen LogP contribution >= 0.6 is 12.2 Å². The average molecular weight is 292 g/mol. The summed E-state index contributed by atoms with van der Waals surface area (Å²) in [6, 6.07) is 0.537. The number of aromatic amines is 1. The molecular weight excluding hydrogens is 268 g/mol. The van der Waals surface area contributed by atoms with E-state index in [0.29, 0.717) is 6.04 Å². The number of fused-ring (bicyclic) bond motifs is 1. The van der Waals surface area contributed by atoms with E-state index in [0.717, 1.165) is 28.3 Å². The van der Waals surface area contributed by atoms with E-state index in [-0.39, 0.29) is 0 Å². The first-order chi connectivity index (χ1) is 9.67. The third kappa shape index (κ3) is 2.03. The molecule has 110 valence electrons. The summed E-state index contributed by atoms with van der Waals surface area (Å²) in [7, 11) is 2.03. The molecule has 0 bridgehead atoms. The van der Waals surface area contributed by atoms with E-state index in [1.165, 1.54) is 37.8 Å². The molecule has 3 rings (SSSR count). The van der Waals surface area contributed by atoms with Crippen LogP contribution in [0.3, 0.4) is 0 Å². The Hall–Kier alpha value is -1.10. The molecule has 1 aliphatic rings. The molecule has 0 spiro atoms. The topological polar surface area (TPSA) is 38.5 Å². The van der Waals surface area contributed by atoms with Crippen molar-refractivity contribution in [2.45, 2.75) is 58.4 Å². The Balaban J connectivity index is 2.17. The van der Waals surface area contributed by atoms with E-state index in [9.17, 15) is 0 Å². The Morgan fingerprint density at radius 2 is 2.05 bits per heavy atom. The normalized spacial score (nSPS) is 23.6. The number of rotatable bonds is 3. The second-order valence-corrected chi connectivity index (χ2v) is 6.33. The number of hydrogen-bond donors (Lipinski definition) is 1. The molecule has 0 aliphatic heterocycles. The molecule has 2 atom stereocenters. The summed E-state index contributed by atoms with van der Waals surface area (Å²) < 4.78 is 5.22. The van der Waals surface area contributed by atoms with Crippen molar-refractivity contribution in [2.75, 3.05) is 0 Å². The van der Waals surface area contributed by atoms with Crippen LogP contribution < -0.4 is 0 Å². The zero-order chi connectivity index (χ0) is 14.3. The fourth-order valence-electron chi connectivity index (χ4n) is 3.80. The second kappa shape index (κ2) is 5.35. The molecular formula is C15H24N4S. The quantitative estimate of drug-likeness (QED) is 0.864. The minimum atomic E-state index is 0.537. The summed E-state index contributed by atoms with van der Waals surface area (Å²) in [6.45, 7) is 4.45. The standard InChI is InChI=1S/C15H24N4S/c1-4-10-8-6-7-9-12(10)19-14-13(16-15(19)20)11(5-2)17-18(14)3/h10,12H,4-9H2,1-3H3,(H,16,20). The molecule has 4 nitrogen and oxygen atoms in total. The molecule has 0 aromatic carbocycles. The fraction of sp³-hybridized carbons (Fsp3) is 0.733. The monoisotopic (exact) mass is 292 g/mol. The van der Waals surface area contributed by atoms with Crippen LogP contribution in [0, 0.1) is 10.7 Å². The van der Waals surface area contributed by atoms with Gasteiger partial charge in [-0.3, -0.25) is 9.25 Å². The molecule has 0 amide bonds. The largest absolute Gasteiger partial charge is 0.328 e. The Morgan fingerprint density at radius 3 is 2.75 bits per heavy atom. The maximum Gasteiger partial charge on any atom is 0.179 e. The van der Waals surface area contributed by atoms with Crippen molar-refractivity contribution < 1.29 is 0 Å². The van der Waals surface area contributed by atoms with Crippen molar-refractivity contribution in [3.8, 4) is 0 Å². The number of imidazole rings is 1. The van der Waals surface area contributed by atoms with Gasteiger partial charge in [-0.2, -0.15) is 5.10 Å². The van der Waals surface area contributed by atoms with Gasteiger partial charge < -0.3 is 4.98 Å². The van der Waals surface area contributed by atoms with Crippen LogP contribution in [0.1, 0.15) is 57.7 Å². The van der Waals surface area contributed by atoms with E-state index in [1.54, 1.807) is 0 Å². The van der Waals surface area contributed by atoms with Crippen LogP contribution in [0.2, 0.25) is 0 Å². The van der Waals surface area contributed by atoms with Gasteiger partial charge in [0.2, 0.25) is 0 Å². The highest BCUT2D eigenvalue weighted by Crippen LogP contribution is 2.38. The molecule has 1 fully saturated rings. The summed E-state index contributed by atoms with van der Waals surface area (Å²) in [5, 5.41) is 4.63. The van der Waals surface area contributed by atoms with Gasteiger partial charge in [-0.1, -0.05) is 33.1 Å². The summed E-state index contributed by atoms with van der Waals surface area (Å²) in [5.41, 5.74) is 3.44. The molecule has 1 aliphatic carbocycles. The minimum absolute atomic E-state index is 0.537. The lowest BCUT2D eigenvalue weighted by atomic mass is 9.83. The maximum atomic E-state index is 5.62. The van der Waals surface area contributed by atoms with Crippen molar-refractivity contribution in [1.82, 2.24) is 19.3 Å². The van der Waals surface area contributed by atoms with Gasteiger partial charge in [0.15, 0.2) is 10.4 Å². The molecule has 2 heterocycles. The summed E-state index contributed by atoms with van der Waals surface area (Å²) >= 11 is 5.62. The smallest absolute Gasteiger partial charge is 0.179 e. The van der Waals surface area contributed by atoms with Crippen LogP contribution in [0.25, 0.3) is 11.2 Å². The highest BCUT2D eigenvalue weighted by atomic mass is 32.1. The van der Waals surface area contributed by atoms with Gasteiger partial charge in [0.1, 0.15) is 5.52 Å². The van der Waals surface area contributed by atoms with E-state index in [4.69, 9.17) is 12.2 Å². The number of aryl methyl sites for hydroxylation is 2. The lowest BCUT2D eigenvalue weighted by molar-refractivity contribution is 0.233. The van der Waals surface area contributed by atoms with Crippen molar-refractivity contribution in [2.24, 2.45) is 13.0 Å². The zero-order valence-electron chi connectivity index (χ0n) is 12.6. The van der Waals surface area contributed by atoms with Crippen LogP contribution in [0.15, 0.2) is 0 Å². The van der Waals surface area contributed by atoms with Gasteiger partial charge in [0.25, 0.3) is 0 Å². The van der Waals surface area contributed by atoms with E-state index >= 15 is 0 Å². The number of H-pyrrole nitrogens is 1. The highest BCUT2D eigenvalue weighted by molar-refractivity contribution is 7.71. The number of nitrogens with zero attached hydrogens (tertiary/aromatic N) is 3. The SMILES string of the molecule is CCc1nn(C)c2c1[nH]c(=S)n2C1CCCCC1CC. The lowest BCUT2D eigenvalue weighted by Crippen LogP contribution is -2.23. The van der Waals surface area contributed by atoms with E-state index in [2.05, 4.69) is 28.5 Å². The lowest BCUT2D eigenvalue weighted by Gasteiger charge is -2.32. The molecule has 5 heteroatoms. The van der Waals surface area contributed by atoms with Crippen molar-refractivity contribution >= 4 is 23.4 Å². The van der Waals surface area contributed by atoms with Crippen molar-refractivity contribution in [1.29, 1.82) is 0 Å². The third-order valence-corrected chi connectivity index (χ3v) is 5.13. The number of aromatic nitrogens is 4. The average Bonchev–Trinajstić information content (AvgIpc) is 2.95. The molecule has 2 aromatic rings. The zero-order valence-corrected chi connectivity index (χ0v) is 13.5. The molecule has 20 heavy (non-hydrogen) atoms.